The first-order valence-electron chi connectivity index (χ1n) is 4.24. The van der Waals surface area contributed by atoms with Crippen LogP contribution in [-0.2, 0) is 0 Å². The van der Waals surface area contributed by atoms with Gasteiger partial charge in [0.25, 0.3) is 0 Å². The van der Waals surface area contributed by atoms with E-state index >= 15 is 0 Å². The lowest BCUT2D eigenvalue weighted by Crippen LogP contribution is -2.03. The number of allylic oxidation sites excluding steroid dienone is 1. The van der Waals surface area contributed by atoms with Crippen LogP contribution in [0.3, 0.4) is 0 Å². The van der Waals surface area contributed by atoms with Crippen molar-refractivity contribution >= 4 is 17.8 Å². The van der Waals surface area contributed by atoms with Gasteiger partial charge in [-0.25, -0.2) is 0 Å². The molecule has 0 fully saturated rings. The summed E-state index contributed by atoms with van der Waals surface area (Å²) in [6.45, 7) is 6.04. The maximum Gasteiger partial charge on any atom is 0.106 e. The van der Waals surface area contributed by atoms with Crippen molar-refractivity contribution in [2.45, 2.75) is 27.2 Å². The standard InChI is InChI=1S/C7H13ClN2.C2H6/c1-4-6(5-9-2)7(8)10-3;1-2/h5,10H,4H2,1-3H3;1-2H3/b7-6-,9-5?;. The summed E-state index contributed by atoms with van der Waals surface area (Å²) >= 11 is 5.79. The highest BCUT2D eigenvalue weighted by Crippen LogP contribution is 2.06. The summed E-state index contributed by atoms with van der Waals surface area (Å²) in [6, 6.07) is 0. The number of nitrogens with one attached hydrogen (secondary N) is 1. The van der Waals surface area contributed by atoms with Crippen molar-refractivity contribution in [3.8, 4) is 0 Å². The number of hydrogen-bond donors (Lipinski definition) is 1. The maximum atomic E-state index is 5.79. The molecule has 0 rings (SSSR count). The van der Waals surface area contributed by atoms with E-state index in [0.29, 0.717) is 5.16 Å². The summed E-state index contributed by atoms with van der Waals surface area (Å²) in [5.74, 6) is 0. The molecule has 0 amide bonds. The summed E-state index contributed by atoms with van der Waals surface area (Å²) in [6.07, 6.45) is 2.66. The minimum absolute atomic E-state index is 0.674. The summed E-state index contributed by atoms with van der Waals surface area (Å²) in [4.78, 5) is 3.87. The van der Waals surface area contributed by atoms with E-state index in [2.05, 4.69) is 10.3 Å². The number of hydrogen-bond acceptors (Lipinski definition) is 2. The Morgan fingerprint density at radius 2 is 2.00 bits per heavy atom. The average Bonchev–Trinajstić information content (AvgIpc) is 2.16. The highest BCUT2D eigenvalue weighted by atomic mass is 35.5. The van der Waals surface area contributed by atoms with Gasteiger partial charge in [-0.2, -0.15) is 0 Å². The molecule has 3 heteroatoms. The van der Waals surface area contributed by atoms with Crippen molar-refractivity contribution in [2.24, 2.45) is 4.99 Å². The molecule has 0 heterocycles. The van der Waals surface area contributed by atoms with Crippen LogP contribution < -0.4 is 5.32 Å². The summed E-state index contributed by atoms with van der Waals surface area (Å²) in [5, 5.41) is 3.53. The molecular formula is C9H19ClN2. The van der Waals surface area contributed by atoms with Crippen molar-refractivity contribution in [3.63, 3.8) is 0 Å². The van der Waals surface area contributed by atoms with Crippen LogP contribution in [0.5, 0.6) is 0 Å². The lowest BCUT2D eigenvalue weighted by atomic mass is 10.2. The zero-order chi connectivity index (χ0) is 9.98. The van der Waals surface area contributed by atoms with Gasteiger partial charge in [0, 0.05) is 25.9 Å². The van der Waals surface area contributed by atoms with E-state index in [1.807, 2.05) is 20.8 Å². The van der Waals surface area contributed by atoms with Gasteiger partial charge >= 0.3 is 0 Å². The first-order chi connectivity index (χ1) is 5.76. The fraction of sp³-hybridized carbons (Fsp3) is 0.667. The van der Waals surface area contributed by atoms with Crippen molar-refractivity contribution in [1.29, 1.82) is 0 Å². The molecule has 0 aliphatic carbocycles. The molecule has 72 valence electrons. The van der Waals surface area contributed by atoms with Crippen LogP contribution in [0.1, 0.15) is 27.2 Å². The number of nitrogens with zero attached hydrogens (tertiary/aromatic N) is 1. The van der Waals surface area contributed by atoms with Gasteiger partial charge in [-0.15, -0.1) is 0 Å². The Morgan fingerprint density at radius 3 is 2.25 bits per heavy atom. The number of halogens is 1. The third-order valence-corrected chi connectivity index (χ3v) is 1.60. The van der Waals surface area contributed by atoms with Gasteiger partial charge < -0.3 is 5.32 Å². The molecule has 0 radical (unpaired) electrons. The molecule has 0 unspecified atom stereocenters. The minimum atomic E-state index is 0.674. The predicted molar refractivity (Wildman–Crippen MR) is 58.0 cm³/mol. The Bertz CT molecular complexity index is 151. The summed E-state index contributed by atoms with van der Waals surface area (Å²) in [5.41, 5.74) is 1.03. The molecule has 12 heavy (non-hydrogen) atoms. The van der Waals surface area contributed by atoms with E-state index in [1.165, 1.54) is 0 Å². The van der Waals surface area contributed by atoms with E-state index in [1.54, 1.807) is 20.3 Å². The smallest absolute Gasteiger partial charge is 0.106 e. The van der Waals surface area contributed by atoms with Gasteiger partial charge in [0.1, 0.15) is 5.16 Å². The molecule has 0 spiro atoms. The number of aliphatic imine (C=N–C) groups is 1. The molecule has 0 aliphatic heterocycles. The SMILES string of the molecule is CC.CC/C(C=NC)=C(\Cl)NC. The Kier molecular flexibility index (Phi) is 12.3. The highest BCUT2D eigenvalue weighted by molar-refractivity contribution is 6.30. The number of rotatable bonds is 3. The lowest BCUT2D eigenvalue weighted by Gasteiger charge is -2.00. The monoisotopic (exact) mass is 190 g/mol. The van der Waals surface area contributed by atoms with E-state index in [9.17, 15) is 0 Å². The van der Waals surface area contributed by atoms with Gasteiger partial charge in [-0.1, -0.05) is 32.4 Å². The van der Waals surface area contributed by atoms with Gasteiger partial charge in [0.05, 0.1) is 0 Å². The van der Waals surface area contributed by atoms with Crippen LogP contribution in [0.4, 0.5) is 0 Å². The lowest BCUT2D eigenvalue weighted by molar-refractivity contribution is 1.02. The zero-order valence-electron chi connectivity index (χ0n) is 8.61. The van der Waals surface area contributed by atoms with Crippen molar-refractivity contribution in [3.05, 3.63) is 10.7 Å². The quantitative estimate of drug-likeness (QED) is 0.537. The van der Waals surface area contributed by atoms with Gasteiger partial charge in [0.15, 0.2) is 0 Å². The molecule has 0 aliphatic rings. The Hall–Kier alpha value is -0.500. The van der Waals surface area contributed by atoms with Crippen molar-refractivity contribution in [2.75, 3.05) is 14.1 Å². The first-order valence-corrected chi connectivity index (χ1v) is 4.62. The van der Waals surface area contributed by atoms with Crippen molar-refractivity contribution < 1.29 is 0 Å². The van der Waals surface area contributed by atoms with Crippen LogP contribution in [0.25, 0.3) is 0 Å². The minimum Gasteiger partial charge on any atom is -0.379 e. The average molecular weight is 191 g/mol. The predicted octanol–water partition coefficient (Wildman–Crippen LogP) is 2.79. The third kappa shape index (κ3) is 6.23. The van der Waals surface area contributed by atoms with Crippen LogP contribution in [0.15, 0.2) is 15.7 Å². The van der Waals surface area contributed by atoms with Crippen LogP contribution in [0, 0.1) is 0 Å². The van der Waals surface area contributed by atoms with Gasteiger partial charge in [-0.3, -0.25) is 4.99 Å². The fourth-order valence-electron chi connectivity index (χ4n) is 0.620. The summed E-state index contributed by atoms with van der Waals surface area (Å²) in [7, 11) is 3.52. The molecule has 0 aromatic heterocycles. The maximum absolute atomic E-state index is 5.79. The fourth-order valence-corrected chi connectivity index (χ4v) is 0.802. The van der Waals surface area contributed by atoms with E-state index in [4.69, 9.17) is 11.6 Å². The van der Waals surface area contributed by atoms with Gasteiger partial charge in [-0.05, 0) is 6.42 Å². The van der Waals surface area contributed by atoms with Crippen LogP contribution in [0.2, 0.25) is 0 Å². The molecule has 0 bridgehead atoms. The summed E-state index contributed by atoms with van der Waals surface area (Å²) < 4.78 is 0. The van der Waals surface area contributed by atoms with E-state index in [-0.39, 0.29) is 0 Å². The molecule has 2 nitrogen and oxygen atoms in total. The second kappa shape index (κ2) is 10.5. The first kappa shape index (κ1) is 14.0. The molecule has 0 aromatic rings. The largest absolute Gasteiger partial charge is 0.379 e. The topological polar surface area (TPSA) is 24.4 Å². The Balaban J connectivity index is 0. The van der Waals surface area contributed by atoms with Gasteiger partial charge in [0.2, 0.25) is 0 Å². The van der Waals surface area contributed by atoms with Crippen LogP contribution >= 0.6 is 11.6 Å². The van der Waals surface area contributed by atoms with E-state index in [0.717, 1.165) is 12.0 Å². The molecule has 1 N–H and O–H groups in total. The molecular weight excluding hydrogens is 172 g/mol. The second-order valence-corrected chi connectivity index (χ2v) is 2.21. The molecule has 0 saturated carbocycles. The third-order valence-electron chi connectivity index (χ3n) is 1.17. The molecule has 0 aromatic carbocycles. The Morgan fingerprint density at radius 1 is 1.50 bits per heavy atom. The normalized spacial score (nSPS) is 11.8. The second-order valence-electron chi connectivity index (χ2n) is 1.83. The van der Waals surface area contributed by atoms with Crippen LogP contribution in [-0.4, -0.2) is 20.3 Å². The van der Waals surface area contributed by atoms with E-state index < -0.39 is 0 Å². The Labute approximate surface area is 80.7 Å². The zero-order valence-corrected chi connectivity index (χ0v) is 9.37. The molecule has 0 saturated heterocycles. The highest BCUT2D eigenvalue weighted by Gasteiger charge is 1.95. The molecule has 0 atom stereocenters. The van der Waals surface area contributed by atoms with Crippen molar-refractivity contribution in [1.82, 2.24) is 5.32 Å².